The summed E-state index contributed by atoms with van der Waals surface area (Å²) in [6, 6.07) is 9.57. The van der Waals surface area contributed by atoms with Crippen LogP contribution in [0.15, 0.2) is 30.3 Å². The molecule has 3 N–H and O–H groups in total. The zero-order valence-electron chi connectivity index (χ0n) is 14.3. The largest absolute Gasteiger partial charge is 0.352 e. The molecule has 0 aromatic heterocycles. The summed E-state index contributed by atoms with van der Waals surface area (Å²) in [4.78, 5) is 23.8. The van der Waals surface area contributed by atoms with E-state index in [1.807, 2.05) is 30.3 Å². The average Bonchev–Trinajstić information content (AvgIpc) is 3.22. The van der Waals surface area contributed by atoms with Crippen LogP contribution in [0, 0.1) is 17.8 Å². The van der Waals surface area contributed by atoms with Crippen molar-refractivity contribution in [3.63, 3.8) is 0 Å². The Balaban J connectivity index is 1.34. The number of hydrogen-bond donors (Lipinski definition) is 3. The highest BCUT2D eigenvalue weighted by molar-refractivity contribution is 5.84. The molecule has 5 nitrogen and oxygen atoms in total. The standard InChI is InChI=1S/C19H27N3O2/c1-13(17-10-15-7-8-16(17)9-15)22-18(23)12-21-19(24)20-11-14-5-3-2-4-6-14/h2-6,13,15-17H,7-12H2,1H3,(H,22,23)(H2,20,21,24)/t13-,15+,16+,17-/m1/s1. The van der Waals surface area contributed by atoms with E-state index in [-0.39, 0.29) is 24.5 Å². The molecule has 2 aliphatic rings. The Bertz CT molecular complexity index is 575. The van der Waals surface area contributed by atoms with Crippen LogP contribution in [0.2, 0.25) is 0 Å². The Labute approximate surface area is 143 Å². The van der Waals surface area contributed by atoms with Gasteiger partial charge >= 0.3 is 6.03 Å². The molecule has 24 heavy (non-hydrogen) atoms. The van der Waals surface area contributed by atoms with Gasteiger partial charge in [0, 0.05) is 12.6 Å². The molecule has 0 aliphatic heterocycles. The van der Waals surface area contributed by atoms with Crippen LogP contribution in [-0.2, 0) is 11.3 Å². The zero-order valence-corrected chi connectivity index (χ0v) is 14.3. The van der Waals surface area contributed by atoms with Crippen LogP contribution in [0.1, 0.15) is 38.2 Å². The third-order valence-corrected chi connectivity index (χ3v) is 5.53. The third kappa shape index (κ3) is 4.28. The van der Waals surface area contributed by atoms with E-state index in [2.05, 4.69) is 22.9 Å². The Morgan fingerprint density at radius 2 is 1.92 bits per heavy atom. The predicted octanol–water partition coefficient (Wildman–Crippen LogP) is 2.43. The lowest BCUT2D eigenvalue weighted by Crippen LogP contribution is -2.46. The van der Waals surface area contributed by atoms with E-state index in [0.29, 0.717) is 12.5 Å². The van der Waals surface area contributed by atoms with Gasteiger partial charge in [0.05, 0.1) is 6.54 Å². The molecule has 1 aromatic rings. The van der Waals surface area contributed by atoms with Crippen LogP contribution in [0.4, 0.5) is 4.79 Å². The molecule has 3 amide bonds. The molecule has 1 aromatic carbocycles. The zero-order chi connectivity index (χ0) is 16.9. The summed E-state index contributed by atoms with van der Waals surface area (Å²) < 4.78 is 0. The highest BCUT2D eigenvalue weighted by Crippen LogP contribution is 2.49. The molecule has 0 radical (unpaired) electrons. The van der Waals surface area contributed by atoms with E-state index in [1.54, 1.807) is 0 Å². The SMILES string of the molecule is C[C@@H](NC(=O)CNC(=O)NCc1ccccc1)[C@H]1C[C@H]2CC[C@H]1C2. The summed E-state index contributed by atoms with van der Waals surface area (Å²) in [6.45, 7) is 2.57. The molecule has 0 heterocycles. The van der Waals surface area contributed by atoms with Gasteiger partial charge in [0.1, 0.15) is 0 Å². The first-order valence-electron chi connectivity index (χ1n) is 8.97. The summed E-state index contributed by atoms with van der Waals surface area (Å²) in [7, 11) is 0. The van der Waals surface area contributed by atoms with Gasteiger partial charge in [-0.25, -0.2) is 4.79 Å². The van der Waals surface area contributed by atoms with Crippen molar-refractivity contribution in [2.45, 2.75) is 45.2 Å². The van der Waals surface area contributed by atoms with Crippen LogP contribution in [0.25, 0.3) is 0 Å². The second-order valence-corrected chi connectivity index (χ2v) is 7.22. The first-order chi connectivity index (χ1) is 11.6. The summed E-state index contributed by atoms with van der Waals surface area (Å²) >= 11 is 0. The van der Waals surface area contributed by atoms with Crippen LogP contribution in [0.3, 0.4) is 0 Å². The molecular formula is C19H27N3O2. The van der Waals surface area contributed by atoms with Crippen molar-refractivity contribution in [3.8, 4) is 0 Å². The highest BCUT2D eigenvalue weighted by atomic mass is 16.2. The topological polar surface area (TPSA) is 70.2 Å². The molecule has 0 saturated heterocycles. The second-order valence-electron chi connectivity index (χ2n) is 7.22. The van der Waals surface area contributed by atoms with Crippen molar-refractivity contribution in [1.82, 2.24) is 16.0 Å². The van der Waals surface area contributed by atoms with E-state index in [1.165, 1.54) is 25.7 Å². The maximum Gasteiger partial charge on any atom is 0.315 e. The fourth-order valence-corrected chi connectivity index (χ4v) is 4.32. The number of rotatable bonds is 6. The number of carbonyl (C=O) groups excluding carboxylic acids is 2. The molecule has 2 fully saturated rings. The van der Waals surface area contributed by atoms with E-state index in [0.717, 1.165) is 17.4 Å². The second kappa shape index (κ2) is 7.69. The molecule has 0 spiro atoms. The fourth-order valence-electron chi connectivity index (χ4n) is 4.32. The molecule has 0 unspecified atom stereocenters. The van der Waals surface area contributed by atoms with Gasteiger partial charge in [-0.3, -0.25) is 4.79 Å². The molecule has 3 rings (SSSR count). The molecule has 2 saturated carbocycles. The third-order valence-electron chi connectivity index (χ3n) is 5.53. The lowest BCUT2D eigenvalue weighted by atomic mass is 9.84. The number of hydrogen-bond acceptors (Lipinski definition) is 2. The Morgan fingerprint density at radius 1 is 1.12 bits per heavy atom. The van der Waals surface area contributed by atoms with Crippen molar-refractivity contribution < 1.29 is 9.59 Å². The van der Waals surface area contributed by atoms with Crippen LogP contribution < -0.4 is 16.0 Å². The molecule has 2 aliphatic carbocycles. The summed E-state index contributed by atoms with van der Waals surface area (Å²) in [6.07, 6.45) is 5.27. The van der Waals surface area contributed by atoms with Gasteiger partial charge < -0.3 is 16.0 Å². The maximum absolute atomic E-state index is 12.0. The lowest BCUT2D eigenvalue weighted by Gasteiger charge is -2.28. The van der Waals surface area contributed by atoms with Gasteiger partial charge in [0.15, 0.2) is 0 Å². The normalized spacial score (nSPS) is 26.0. The minimum atomic E-state index is -0.318. The first kappa shape index (κ1) is 16.8. The molecule has 5 heteroatoms. The summed E-state index contributed by atoms with van der Waals surface area (Å²) in [5, 5.41) is 8.43. The van der Waals surface area contributed by atoms with Crippen LogP contribution in [0.5, 0.6) is 0 Å². The quantitative estimate of drug-likeness (QED) is 0.750. The van der Waals surface area contributed by atoms with E-state index >= 15 is 0 Å². The number of urea groups is 1. The highest BCUT2D eigenvalue weighted by Gasteiger charge is 2.42. The number of amides is 3. The molecule has 130 valence electrons. The van der Waals surface area contributed by atoms with E-state index in [9.17, 15) is 9.59 Å². The fraction of sp³-hybridized carbons (Fsp3) is 0.579. The first-order valence-corrected chi connectivity index (χ1v) is 8.97. The van der Waals surface area contributed by atoms with Gasteiger partial charge in [0.25, 0.3) is 0 Å². The van der Waals surface area contributed by atoms with Crippen molar-refractivity contribution in [1.29, 1.82) is 0 Å². The maximum atomic E-state index is 12.0. The van der Waals surface area contributed by atoms with Crippen molar-refractivity contribution in [3.05, 3.63) is 35.9 Å². The van der Waals surface area contributed by atoms with Gasteiger partial charge in [-0.15, -0.1) is 0 Å². The number of benzene rings is 1. The van der Waals surface area contributed by atoms with Gasteiger partial charge in [-0.05, 0) is 49.5 Å². The Hall–Kier alpha value is -2.04. The minimum absolute atomic E-state index is 0.0196. The van der Waals surface area contributed by atoms with Crippen molar-refractivity contribution in [2.24, 2.45) is 17.8 Å². The molecule has 4 atom stereocenters. The molecule has 2 bridgehead atoms. The van der Waals surface area contributed by atoms with Crippen LogP contribution in [-0.4, -0.2) is 24.5 Å². The average molecular weight is 329 g/mol. The van der Waals surface area contributed by atoms with E-state index < -0.39 is 0 Å². The van der Waals surface area contributed by atoms with Gasteiger partial charge in [0.2, 0.25) is 5.91 Å². The Morgan fingerprint density at radius 3 is 2.58 bits per heavy atom. The number of fused-ring (bicyclic) bond motifs is 2. The molecular weight excluding hydrogens is 302 g/mol. The lowest BCUT2D eigenvalue weighted by molar-refractivity contribution is -0.121. The predicted molar refractivity (Wildman–Crippen MR) is 93.2 cm³/mol. The number of carbonyl (C=O) groups is 2. The van der Waals surface area contributed by atoms with E-state index in [4.69, 9.17) is 0 Å². The summed E-state index contributed by atoms with van der Waals surface area (Å²) in [5.41, 5.74) is 1.03. The van der Waals surface area contributed by atoms with Crippen molar-refractivity contribution in [2.75, 3.05) is 6.54 Å². The monoisotopic (exact) mass is 329 g/mol. The smallest absolute Gasteiger partial charge is 0.315 e. The van der Waals surface area contributed by atoms with Crippen molar-refractivity contribution >= 4 is 11.9 Å². The van der Waals surface area contributed by atoms with Gasteiger partial charge in [-0.2, -0.15) is 0 Å². The summed E-state index contributed by atoms with van der Waals surface area (Å²) in [5.74, 6) is 2.16. The number of nitrogens with one attached hydrogen (secondary N) is 3. The Kier molecular flexibility index (Phi) is 5.38. The van der Waals surface area contributed by atoms with Gasteiger partial charge in [-0.1, -0.05) is 36.8 Å². The minimum Gasteiger partial charge on any atom is -0.352 e. The van der Waals surface area contributed by atoms with Crippen LogP contribution >= 0.6 is 0 Å².